The summed E-state index contributed by atoms with van der Waals surface area (Å²) < 4.78 is 5.24. The number of para-hydroxylation sites is 1. The fourth-order valence-corrected chi connectivity index (χ4v) is 5.05. The lowest BCUT2D eigenvalue weighted by atomic mass is 9.69. The Bertz CT molecular complexity index is 817. The summed E-state index contributed by atoms with van der Waals surface area (Å²) >= 11 is 0. The lowest BCUT2D eigenvalue weighted by Gasteiger charge is -2.39. The van der Waals surface area contributed by atoms with Crippen LogP contribution in [0.2, 0.25) is 0 Å². The fraction of sp³-hybridized carbons (Fsp3) is 0.591. The van der Waals surface area contributed by atoms with E-state index in [-0.39, 0.29) is 40.9 Å². The Morgan fingerprint density at radius 2 is 1.93 bits per heavy atom. The van der Waals surface area contributed by atoms with E-state index in [4.69, 9.17) is 4.74 Å². The third-order valence-corrected chi connectivity index (χ3v) is 7.26. The lowest BCUT2D eigenvalue weighted by Crippen LogP contribution is -2.48. The summed E-state index contributed by atoms with van der Waals surface area (Å²) in [7, 11) is 0. The van der Waals surface area contributed by atoms with E-state index < -0.39 is 5.97 Å². The molecule has 0 saturated heterocycles. The number of esters is 1. The quantitative estimate of drug-likeness (QED) is 0.759. The van der Waals surface area contributed by atoms with Gasteiger partial charge in [-0.2, -0.15) is 0 Å². The van der Waals surface area contributed by atoms with Gasteiger partial charge in [0.05, 0.1) is 11.3 Å². The molecule has 2 fully saturated rings. The van der Waals surface area contributed by atoms with Crippen molar-refractivity contribution in [2.45, 2.75) is 59.9 Å². The van der Waals surface area contributed by atoms with Gasteiger partial charge >= 0.3 is 5.97 Å². The maximum atomic E-state index is 12.5. The van der Waals surface area contributed by atoms with Crippen LogP contribution in [0, 0.1) is 23.7 Å². The zero-order valence-corrected chi connectivity index (χ0v) is 17.3. The molecule has 152 valence electrons. The van der Waals surface area contributed by atoms with Crippen LogP contribution in [-0.4, -0.2) is 30.4 Å². The van der Waals surface area contributed by atoms with Crippen LogP contribution in [0.5, 0.6) is 0 Å². The molecule has 0 spiro atoms. The molecule has 2 aliphatic carbocycles. The monoisotopic (exact) mass is 386 g/mol. The number of ether oxygens (including phenoxy) is 1. The van der Waals surface area contributed by atoms with Crippen LogP contribution >= 0.6 is 0 Å². The highest BCUT2D eigenvalue weighted by atomic mass is 16.5. The SMILES string of the molecule is CC(=O)Nc1c(C)cccc1C(=O)OCC(=O)N[C@@H]1C[C@H]2CC[C@@]1(C)C2(C)C. The molecule has 0 aliphatic heterocycles. The molecular formula is C22H30N2O4. The zero-order valence-electron chi connectivity index (χ0n) is 17.3. The van der Waals surface area contributed by atoms with E-state index in [1.165, 1.54) is 13.3 Å². The summed E-state index contributed by atoms with van der Waals surface area (Å²) in [5, 5.41) is 5.75. The van der Waals surface area contributed by atoms with Crippen molar-refractivity contribution < 1.29 is 19.1 Å². The van der Waals surface area contributed by atoms with Gasteiger partial charge in [0.15, 0.2) is 6.61 Å². The van der Waals surface area contributed by atoms with Crippen LogP contribution in [0.3, 0.4) is 0 Å². The number of hydrogen-bond acceptors (Lipinski definition) is 4. The normalized spacial score (nSPS) is 27.3. The molecule has 6 nitrogen and oxygen atoms in total. The minimum Gasteiger partial charge on any atom is -0.452 e. The molecule has 3 atom stereocenters. The van der Waals surface area contributed by atoms with E-state index in [1.54, 1.807) is 25.1 Å². The number of carbonyl (C=O) groups is 3. The van der Waals surface area contributed by atoms with Crippen LogP contribution < -0.4 is 10.6 Å². The zero-order chi connectivity index (χ0) is 20.7. The molecule has 0 radical (unpaired) electrons. The number of anilines is 1. The van der Waals surface area contributed by atoms with Gasteiger partial charge in [0, 0.05) is 13.0 Å². The van der Waals surface area contributed by atoms with Gasteiger partial charge in [-0.3, -0.25) is 9.59 Å². The van der Waals surface area contributed by atoms with Gasteiger partial charge in [-0.05, 0) is 54.6 Å². The first-order valence-corrected chi connectivity index (χ1v) is 9.90. The van der Waals surface area contributed by atoms with E-state index >= 15 is 0 Å². The van der Waals surface area contributed by atoms with E-state index in [9.17, 15) is 14.4 Å². The predicted molar refractivity (Wildman–Crippen MR) is 107 cm³/mol. The summed E-state index contributed by atoms with van der Waals surface area (Å²) in [6, 6.07) is 5.21. The number of amides is 2. The molecule has 0 heterocycles. The first-order valence-electron chi connectivity index (χ1n) is 9.90. The highest BCUT2D eigenvalue weighted by Crippen LogP contribution is 2.65. The molecule has 28 heavy (non-hydrogen) atoms. The second kappa shape index (κ2) is 7.22. The Labute approximate surface area is 166 Å². The second-order valence-electron chi connectivity index (χ2n) is 8.99. The van der Waals surface area contributed by atoms with Crippen molar-refractivity contribution in [3.05, 3.63) is 29.3 Å². The van der Waals surface area contributed by atoms with E-state index in [0.29, 0.717) is 11.6 Å². The number of rotatable bonds is 5. The summed E-state index contributed by atoms with van der Waals surface area (Å²) in [6.07, 6.45) is 3.30. The smallest absolute Gasteiger partial charge is 0.340 e. The second-order valence-corrected chi connectivity index (χ2v) is 8.99. The molecular weight excluding hydrogens is 356 g/mol. The van der Waals surface area contributed by atoms with Crippen molar-refractivity contribution in [1.29, 1.82) is 0 Å². The molecule has 1 aromatic carbocycles. The molecule has 2 amide bonds. The standard InChI is InChI=1S/C22H30N2O4/c1-13-7-6-8-16(19(13)23-14(2)25)20(27)28-12-18(26)24-17-11-15-9-10-22(17,5)21(15,3)4/h6-8,15,17H,9-12H2,1-5H3,(H,23,25)(H,24,26)/t15-,17-,22-/m1/s1. The first kappa shape index (κ1) is 20.4. The van der Waals surface area contributed by atoms with Crippen molar-refractivity contribution >= 4 is 23.5 Å². The van der Waals surface area contributed by atoms with Crippen LogP contribution in [0.25, 0.3) is 0 Å². The summed E-state index contributed by atoms with van der Waals surface area (Å²) in [5.41, 5.74) is 1.70. The molecule has 1 aromatic rings. The van der Waals surface area contributed by atoms with Crippen LogP contribution in [-0.2, 0) is 14.3 Å². The molecule has 6 heteroatoms. The van der Waals surface area contributed by atoms with Crippen LogP contribution in [0.1, 0.15) is 62.9 Å². The molecule has 2 bridgehead atoms. The Kier molecular flexibility index (Phi) is 5.26. The van der Waals surface area contributed by atoms with Crippen molar-refractivity contribution in [2.75, 3.05) is 11.9 Å². The molecule has 3 rings (SSSR count). The highest BCUT2D eigenvalue weighted by Gasteiger charge is 2.61. The average molecular weight is 386 g/mol. The molecule has 2 aliphatic rings. The predicted octanol–water partition coefficient (Wildman–Crippen LogP) is 3.44. The largest absolute Gasteiger partial charge is 0.452 e. The van der Waals surface area contributed by atoms with Crippen molar-refractivity contribution in [2.24, 2.45) is 16.7 Å². The number of nitrogens with one attached hydrogen (secondary N) is 2. The van der Waals surface area contributed by atoms with E-state index in [0.717, 1.165) is 18.4 Å². The topological polar surface area (TPSA) is 84.5 Å². The van der Waals surface area contributed by atoms with Gasteiger partial charge in [0.1, 0.15) is 0 Å². The van der Waals surface area contributed by atoms with Crippen molar-refractivity contribution in [1.82, 2.24) is 5.32 Å². The lowest BCUT2D eigenvalue weighted by molar-refractivity contribution is -0.126. The first-order chi connectivity index (χ1) is 13.1. The minimum atomic E-state index is -0.623. The Hall–Kier alpha value is -2.37. The van der Waals surface area contributed by atoms with Gasteiger partial charge in [-0.25, -0.2) is 4.79 Å². The number of hydrogen-bond donors (Lipinski definition) is 2. The number of aryl methyl sites for hydroxylation is 1. The Balaban J connectivity index is 1.61. The molecule has 2 saturated carbocycles. The van der Waals surface area contributed by atoms with Gasteiger partial charge in [0.25, 0.3) is 5.91 Å². The van der Waals surface area contributed by atoms with Gasteiger partial charge in [0.2, 0.25) is 5.91 Å². The number of carbonyl (C=O) groups excluding carboxylic acids is 3. The van der Waals surface area contributed by atoms with E-state index in [2.05, 4.69) is 31.4 Å². The third-order valence-electron chi connectivity index (χ3n) is 7.26. The summed E-state index contributed by atoms with van der Waals surface area (Å²) in [6.45, 7) is 9.68. The minimum absolute atomic E-state index is 0.0758. The fourth-order valence-electron chi connectivity index (χ4n) is 5.05. The molecule has 0 unspecified atom stereocenters. The number of benzene rings is 1. The Morgan fingerprint density at radius 1 is 1.21 bits per heavy atom. The summed E-state index contributed by atoms with van der Waals surface area (Å²) in [4.78, 5) is 36.3. The van der Waals surface area contributed by atoms with Gasteiger partial charge < -0.3 is 15.4 Å². The maximum absolute atomic E-state index is 12.5. The maximum Gasteiger partial charge on any atom is 0.340 e. The summed E-state index contributed by atoms with van der Waals surface area (Å²) in [5.74, 6) is -0.551. The Morgan fingerprint density at radius 3 is 2.50 bits per heavy atom. The molecule has 2 N–H and O–H groups in total. The highest BCUT2D eigenvalue weighted by molar-refractivity contribution is 6.02. The van der Waals surface area contributed by atoms with Gasteiger partial charge in [-0.1, -0.05) is 32.9 Å². The third kappa shape index (κ3) is 3.40. The van der Waals surface area contributed by atoms with Crippen molar-refractivity contribution in [3.63, 3.8) is 0 Å². The average Bonchev–Trinajstić information content (AvgIpc) is 2.94. The van der Waals surface area contributed by atoms with E-state index in [1.807, 2.05) is 0 Å². The molecule has 0 aromatic heterocycles. The van der Waals surface area contributed by atoms with Crippen LogP contribution in [0.15, 0.2) is 18.2 Å². The van der Waals surface area contributed by atoms with Crippen molar-refractivity contribution in [3.8, 4) is 0 Å². The van der Waals surface area contributed by atoms with Gasteiger partial charge in [-0.15, -0.1) is 0 Å². The number of fused-ring (bicyclic) bond motifs is 2. The van der Waals surface area contributed by atoms with Crippen LogP contribution in [0.4, 0.5) is 5.69 Å².